The maximum absolute atomic E-state index is 10.6. The number of unbranched alkanes of at least 4 members (excludes halogenated alkanes) is 1. The second-order valence-electron chi connectivity index (χ2n) is 8.15. The molecule has 0 fully saturated rings. The van der Waals surface area contributed by atoms with E-state index in [2.05, 4.69) is 17.4 Å². The van der Waals surface area contributed by atoms with E-state index in [1.165, 1.54) is 30.7 Å². The second kappa shape index (κ2) is 22.3. The number of aromatic carboxylic acids is 1. The average Bonchev–Trinajstić information content (AvgIpc) is 2.95. The molecule has 0 unspecified atom stereocenters. The Morgan fingerprint density at radius 1 is 0.878 bits per heavy atom. The lowest BCUT2D eigenvalue weighted by Crippen LogP contribution is -2.09. The Kier molecular flexibility index (Phi) is 19.9. The molecule has 3 rings (SSSR count). The zero-order valence-electron chi connectivity index (χ0n) is 22.8. The number of aldehydes is 1. The number of carboxylic acids is 2. The van der Waals surface area contributed by atoms with Gasteiger partial charge in [-0.3, -0.25) is 9.59 Å². The highest BCUT2D eigenvalue weighted by Crippen LogP contribution is 2.09. The molecule has 0 saturated carbocycles. The largest absolute Gasteiger partial charge is 0.478 e. The lowest BCUT2D eigenvalue weighted by molar-refractivity contribution is -0.132. The molecular weight excluding hydrogens is 548 g/mol. The zero-order chi connectivity index (χ0) is 31.0. The van der Waals surface area contributed by atoms with Gasteiger partial charge in [-0.2, -0.15) is 0 Å². The van der Waals surface area contributed by atoms with Gasteiger partial charge in [0.15, 0.2) is 0 Å². The second-order valence-corrected chi connectivity index (χ2v) is 8.59. The Bertz CT molecular complexity index is 1220. The molecule has 3 aromatic rings. The number of nitrogens with two attached hydrogens (primary N) is 3. The number of nitrogens with one attached hydrogen (secondary N) is 1. The van der Waals surface area contributed by atoms with Crippen LogP contribution in [0.2, 0.25) is 5.02 Å². The molecule has 9 N–H and O–H groups in total. The summed E-state index contributed by atoms with van der Waals surface area (Å²) < 4.78 is 0. The fraction of sp³-hybridized carbons (Fsp3) is 0.200. The van der Waals surface area contributed by atoms with Crippen LogP contribution in [0.25, 0.3) is 0 Å². The maximum Gasteiger partial charge on any atom is 0.351 e. The molecule has 0 saturated heterocycles. The SMILES string of the molecule is CC(=O)Nc1ccc(C=O)cc1.NCCC/C=C(\N)C(=O)O.NCCc1ccccc1.O=C(O)c1ccc(Cl)cc1. The van der Waals surface area contributed by atoms with Gasteiger partial charge in [0.25, 0.3) is 0 Å². The highest BCUT2D eigenvalue weighted by atomic mass is 35.5. The predicted molar refractivity (Wildman–Crippen MR) is 162 cm³/mol. The molecule has 3 aromatic carbocycles. The van der Waals surface area contributed by atoms with E-state index >= 15 is 0 Å². The lowest BCUT2D eigenvalue weighted by Gasteiger charge is -2.00. The van der Waals surface area contributed by atoms with Crippen molar-refractivity contribution in [1.29, 1.82) is 0 Å². The van der Waals surface area contributed by atoms with E-state index in [1.54, 1.807) is 36.4 Å². The van der Waals surface area contributed by atoms with E-state index in [9.17, 15) is 19.2 Å². The number of hydrogen-bond acceptors (Lipinski definition) is 7. The molecule has 0 aliphatic rings. The van der Waals surface area contributed by atoms with E-state index < -0.39 is 11.9 Å². The van der Waals surface area contributed by atoms with Crippen molar-refractivity contribution in [3.63, 3.8) is 0 Å². The molecule has 41 heavy (non-hydrogen) atoms. The minimum absolute atomic E-state index is 0.103. The Morgan fingerprint density at radius 2 is 1.46 bits per heavy atom. The summed E-state index contributed by atoms with van der Waals surface area (Å²) in [7, 11) is 0. The standard InChI is InChI=1S/C9H9NO2.C8H11N.C7H5ClO2.C6H12N2O2/c1-7(12)10-9-4-2-8(6-11)3-5-9;9-7-6-8-4-2-1-3-5-8;8-6-3-1-5(2-4-6)7(9)10;7-4-2-1-3-5(8)6(9)10/h2-6H,1H3,(H,10,12);1-5H,6-7,9H2;1-4H,(H,9,10);3H,1-2,4,7-8H2,(H,9,10)/b;;;5-3-. The molecular formula is C30H37ClN4O6. The van der Waals surface area contributed by atoms with Gasteiger partial charge in [0, 0.05) is 23.2 Å². The first-order valence-corrected chi connectivity index (χ1v) is 12.9. The van der Waals surface area contributed by atoms with Crippen LogP contribution < -0.4 is 22.5 Å². The molecule has 0 spiro atoms. The van der Waals surface area contributed by atoms with Crippen LogP contribution in [0.15, 0.2) is 90.6 Å². The van der Waals surface area contributed by atoms with Crippen LogP contribution in [-0.4, -0.2) is 47.4 Å². The molecule has 10 nitrogen and oxygen atoms in total. The predicted octanol–water partition coefficient (Wildman–Crippen LogP) is 4.34. The quantitative estimate of drug-likeness (QED) is 0.120. The molecule has 0 aromatic heterocycles. The van der Waals surface area contributed by atoms with Crippen molar-refractivity contribution in [2.75, 3.05) is 18.4 Å². The van der Waals surface area contributed by atoms with Crippen molar-refractivity contribution in [3.8, 4) is 0 Å². The summed E-state index contributed by atoms with van der Waals surface area (Å²) >= 11 is 5.52. The van der Waals surface area contributed by atoms with Crippen LogP contribution in [0.4, 0.5) is 5.69 Å². The zero-order valence-corrected chi connectivity index (χ0v) is 23.6. The van der Waals surface area contributed by atoms with Gasteiger partial charge in [-0.1, -0.05) is 48.0 Å². The maximum atomic E-state index is 10.6. The molecule has 11 heteroatoms. The number of anilines is 1. The fourth-order valence-electron chi connectivity index (χ4n) is 2.71. The monoisotopic (exact) mass is 584 g/mol. The molecule has 0 radical (unpaired) electrons. The van der Waals surface area contributed by atoms with Gasteiger partial charge in [0.2, 0.25) is 5.91 Å². The molecule has 0 heterocycles. The van der Waals surface area contributed by atoms with Crippen LogP contribution in [0.5, 0.6) is 0 Å². The summed E-state index contributed by atoms with van der Waals surface area (Å²) in [5, 5.41) is 19.8. The normalized spacial score (nSPS) is 9.80. The number of halogens is 1. The highest BCUT2D eigenvalue weighted by molar-refractivity contribution is 6.30. The average molecular weight is 585 g/mol. The third-order valence-corrected chi connectivity index (χ3v) is 5.01. The van der Waals surface area contributed by atoms with E-state index in [4.69, 9.17) is 39.0 Å². The number of aliphatic carboxylic acids is 1. The van der Waals surface area contributed by atoms with Gasteiger partial charge < -0.3 is 32.7 Å². The van der Waals surface area contributed by atoms with Crippen molar-refractivity contribution in [1.82, 2.24) is 0 Å². The van der Waals surface area contributed by atoms with Gasteiger partial charge >= 0.3 is 11.9 Å². The van der Waals surface area contributed by atoms with Crippen molar-refractivity contribution in [3.05, 3.63) is 112 Å². The number of amides is 1. The summed E-state index contributed by atoms with van der Waals surface area (Å²) in [6, 6.07) is 23.0. The van der Waals surface area contributed by atoms with Crippen LogP contribution in [0.3, 0.4) is 0 Å². The Morgan fingerprint density at radius 3 is 1.90 bits per heavy atom. The van der Waals surface area contributed by atoms with Crippen LogP contribution in [0.1, 0.15) is 46.0 Å². The number of rotatable bonds is 9. The number of carbonyl (C=O) groups is 4. The molecule has 0 aliphatic carbocycles. The van der Waals surface area contributed by atoms with Gasteiger partial charge in [-0.15, -0.1) is 0 Å². The lowest BCUT2D eigenvalue weighted by atomic mass is 10.2. The first-order chi connectivity index (χ1) is 19.5. The van der Waals surface area contributed by atoms with Gasteiger partial charge in [0.1, 0.15) is 12.0 Å². The van der Waals surface area contributed by atoms with E-state index in [0.717, 1.165) is 25.7 Å². The number of hydrogen-bond donors (Lipinski definition) is 6. The topological polar surface area (TPSA) is 199 Å². The Balaban J connectivity index is 0.000000523. The molecule has 0 bridgehead atoms. The van der Waals surface area contributed by atoms with Crippen molar-refractivity contribution in [2.45, 2.75) is 26.2 Å². The smallest absolute Gasteiger partial charge is 0.351 e. The first-order valence-electron chi connectivity index (χ1n) is 12.5. The summed E-state index contributed by atoms with van der Waals surface area (Å²) in [6.07, 6.45) is 4.62. The van der Waals surface area contributed by atoms with Crippen LogP contribution in [-0.2, 0) is 16.0 Å². The fourth-order valence-corrected chi connectivity index (χ4v) is 2.84. The van der Waals surface area contributed by atoms with Crippen molar-refractivity contribution in [2.24, 2.45) is 17.2 Å². The molecule has 1 amide bonds. The summed E-state index contributed by atoms with van der Waals surface area (Å²) in [6.45, 7) is 2.74. The number of carboxylic acid groups (broad SMARTS) is 2. The minimum Gasteiger partial charge on any atom is -0.478 e. The van der Waals surface area contributed by atoms with E-state index in [0.29, 0.717) is 29.2 Å². The Labute approximate surface area is 244 Å². The van der Waals surface area contributed by atoms with Crippen molar-refractivity contribution < 1.29 is 29.4 Å². The van der Waals surface area contributed by atoms with E-state index in [1.807, 2.05) is 18.2 Å². The number of carbonyl (C=O) groups excluding carboxylic acids is 2. The summed E-state index contributed by atoms with van der Waals surface area (Å²) in [5.74, 6) is -2.12. The minimum atomic E-state index is -1.07. The molecule has 220 valence electrons. The van der Waals surface area contributed by atoms with Crippen LogP contribution >= 0.6 is 11.6 Å². The summed E-state index contributed by atoms with van der Waals surface area (Å²) in [4.78, 5) is 41.2. The van der Waals surface area contributed by atoms with E-state index in [-0.39, 0.29) is 17.2 Å². The number of benzene rings is 3. The molecule has 0 atom stereocenters. The highest BCUT2D eigenvalue weighted by Gasteiger charge is 1.99. The third kappa shape index (κ3) is 19.2. The van der Waals surface area contributed by atoms with Gasteiger partial charge in [-0.25, -0.2) is 9.59 Å². The third-order valence-electron chi connectivity index (χ3n) is 4.75. The number of allylic oxidation sites excluding steroid dienone is 1. The van der Waals surface area contributed by atoms with Gasteiger partial charge in [0.05, 0.1) is 5.56 Å². The summed E-state index contributed by atoms with van der Waals surface area (Å²) in [5.41, 5.74) is 18.4. The first kappa shape index (κ1) is 36.5. The van der Waals surface area contributed by atoms with Crippen LogP contribution in [0, 0.1) is 0 Å². The van der Waals surface area contributed by atoms with Crippen molar-refractivity contribution >= 4 is 41.4 Å². The Hall–Kier alpha value is -4.51. The van der Waals surface area contributed by atoms with Gasteiger partial charge in [-0.05, 0) is 86.4 Å². The molecule has 0 aliphatic heterocycles.